The molecule has 0 saturated heterocycles. The summed E-state index contributed by atoms with van der Waals surface area (Å²) >= 11 is 0. The first-order chi connectivity index (χ1) is 14.9. The third kappa shape index (κ3) is 4.25. The first-order valence-electron chi connectivity index (χ1n) is 9.84. The van der Waals surface area contributed by atoms with E-state index in [0.717, 1.165) is 16.7 Å². The molecular formula is C24H22N4O3. The Labute approximate surface area is 179 Å². The van der Waals surface area contributed by atoms with Crippen molar-refractivity contribution in [2.45, 2.75) is 19.9 Å². The number of fused-ring (bicyclic) bond motifs is 1. The molecule has 1 aromatic heterocycles. The third-order valence-corrected chi connectivity index (χ3v) is 5.19. The Kier molecular flexibility index (Phi) is 5.41. The van der Waals surface area contributed by atoms with Gasteiger partial charge in [0.25, 0.3) is 5.91 Å². The quantitative estimate of drug-likeness (QED) is 0.575. The number of carboxylic acids is 1. The Morgan fingerprint density at radius 3 is 2.61 bits per heavy atom. The number of carbonyl (C=O) groups excluding carboxylic acids is 1. The van der Waals surface area contributed by atoms with Crippen LogP contribution in [0.5, 0.6) is 0 Å². The van der Waals surface area contributed by atoms with Gasteiger partial charge in [0.05, 0.1) is 12.2 Å². The van der Waals surface area contributed by atoms with Crippen molar-refractivity contribution < 1.29 is 14.7 Å². The molecule has 0 fully saturated rings. The van der Waals surface area contributed by atoms with Crippen LogP contribution in [0.3, 0.4) is 0 Å². The Balaban J connectivity index is 1.64. The van der Waals surface area contributed by atoms with Gasteiger partial charge in [-0.15, -0.1) is 0 Å². The fraction of sp³-hybridized carbons (Fsp3) is 0.125. The highest BCUT2D eigenvalue weighted by Gasteiger charge is 2.27. The van der Waals surface area contributed by atoms with E-state index in [9.17, 15) is 14.7 Å². The highest BCUT2D eigenvalue weighted by molar-refractivity contribution is 6.08. The van der Waals surface area contributed by atoms with Crippen LogP contribution in [-0.2, 0) is 4.79 Å². The molecule has 2 heterocycles. The molecule has 31 heavy (non-hydrogen) atoms. The van der Waals surface area contributed by atoms with E-state index >= 15 is 0 Å². The zero-order valence-electron chi connectivity index (χ0n) is 17.2. The summed E-state index contributed by atoms with van der Waals surface area (Å²) < 4.78 is 1.60. The van der Waals surface area contributed by atoms with E-state index in [-0.39, 0.29) is 17.2 Å². The van der Waals surface area contributed by atoms with E-state index in [0.29, 0.717) is 11.5 Å². The summed E-state index contributed by atoms with van der Waals surface area (Å²) in [7, 11) is 0. The van der Waals surface area contributed by atoms with Gasteiger partial charge < -0.3 is 15.7 Å². The molecule has 1 aliphatic heterocycles. The second-order valence-electron chi connectivity index (χ2n) is 7.38. The number of hydrogen-bond donors (Lipinski definition) is 3. The van der Waals surface area contributed by atoms with Crippen LogP contribution in [0.1, 0.15) is 33.1 Å². The van der Waals surface area contributed by atoms with Gasteiger partial charge in [0.15, 0.2) is 0 Å². The van der Waals surface area contributed by atoms with Crippen molar-refractivity contribution in [3.8, 4) is 0 Å². The Hall–Kier alpha value is -4.13. The maximum Gasteiger partial charge on any atom is 0.352 e. The monoisotopic (exact) mass is 414 g/mol. The normalized spacial score (nSPS) is 15.2. The average Bonchev–Trinajstić information content (AvgIpc) is 3.19. The molecule has 0 radical (unpaired) electrons. The lowest BCUT2D eigenvalue weighted by Gasteiger charge is -2.22. The van der Waals surface area contributed by atoms with E-state index in [2.05, 4.69) is 15.7 Å². The van der Waals surface area contributed by atoms with E-state index in [1.807, 2.05) is 74.5 Å². The zero-order chi connectivity index (χ0) is 22.0. The number of benzene rings is 2. The molecule has 7 heteroatoms. The van der Waals surface area contributed by atoms with Crippen LogP contribution in [0, 0.1) is 13.8 Å². The van der Waals surface area contributed by atoms with E-state index in [4.69, 9.17) is 0 Å². The van der Waals surface area contributed by atoms with Gasteiger partial charge in [0, 0.05) is 5.69 Å². The molecule has 1 amide bonds. The first kappa shape index (κ1) is 20.2. The maximum atomic E-state index is 12.9. The lowest BCUT2D eigenvalue weighted by atomic mass is 10.1. The summed E-state index contributed by atoms with van der Waals surface area (Å²) in [6.07, 6.45) is 6.75. The summed E-state index contributed by atoms with van der Waals surface area (Å²) in [5.74, 6) is -1.13. The van der Waals surface area contributed by atoms with Crippen LogP contribution >= 0.6 is 0 Å². The van der Waals surface area contributed by atoms with Crippen molar-refractivity contribution in [3.63, 3.8) is 0 Å². The molecule has 3 aromatic rings. The molecule has 156 valence electrons. The summed E-state index contributed by atoms with van der Waals surface area (Å²) in [6, 6.07) is 14.9. The van der Waals surface area contributed by atoms with Crippen LogP contribution in [0.15, 0.2) is 72.6 Å². The van der Waals surface area contributed by atoms with Crippen molar-refractivity contribution in [1.29, 1.82) is 0 Å². The number of carboxylic acid groups (broad SMARTS) is 1. The van der Waals surface area contributed by atoms with Gasteiger partial charge in [0.2, 0.25) is 0 Å². The SMILES string of the molecule is Cc1ccc(NC(=O)c2cnn3c2NC(C(=O)O)=CC3/C=C/c2ccccc2)cc1C. The number of aryl methyl sites for hydroxylation is 2. The molecule has 1 atom stereocenters. The van der Waals surface area contributed by atoms with Gasteiger partial charge in [-0.3, -0.25) is 4.79 Å². The minimum absolute atomic E-state index is 0.00376. The number of nitrogens with one attached hydrogen (secondary N) is 2. The van der Waals surface area contributed by atoms with Crippen molar-refractivity contribution >= 4 is 29.5 Å². The highest BCUT2D eigenvalue weighted by Crippen LogP contribution is 2.30. The molecular weight excluding hydrogens is 392 g/mol. The molecule has 0 bridgehead atoms. The largest absolute Gasteiger partial charge is 0.477 e. The number of carbonyl (C=O) groups is 2. The zero-order valence-corrected chi connectivity index (χ0v) is 17.2. The second kappa shape index (κ2) is 8.31. The van der Waals surface area contributed by atoms with Gasteiger partial charge in [-0.25, -0.2) is 9.48 Å². The highest BCUT2D eigenvalue weighted by atomic mass is 16.4. The Morgan fingerprint density at radius 2 is 1.90 bits per heavy atom. The first-order valence-corrected chi connectivity index (χ1v) is 9.84. The van der Waals surface area contributed by atoms with Crippen LogP contribution < -0.4 is 10.6 Å². The topological polar surface area (TPSA) is 96.3 Å². The fourth-order valence-electron chi connectivity index (χ4n) is 3.34. The summed E-state index contributed by atoms with van der Waals surface area (Å²) in [5, 5.41) is 19.6. The molecule has 0 aliphatic carbocycles. The van der Waals surface area contributed by atoms with Crippen LogP contribution in [0.2, 0.25) is 0 Å². The van der Waals surface area contributed by atoms with Gasteiger partial charge >= 0.3 is 5.97 Å². The molecule has 1 aliphatic rings. The number of anilines is 2. The van der Waals surface area contributed by atoms with Gasteiger partial charge in [0.1, 0.15) is 17.1 Å². The fourth-order valence-corrected chi connectivity index (χ4v) is 3.34. The van der Waals surface area contributed by atoms with E-state index in [1.54, 1.807) is 10.8 Å². The summed E-state index contributed by atoms with van der Waals surface area (Å²) in [5.41, 5.74) is 4.10. The number of aliphatic carboxylic acids is 1. The minimum Gasteiger partial charge on any atom is -0.477 e. The summed E-state index contributed by atoms with van der Waals surface area (Å²) in [6.45, 7) is 3.98. The second-order valence-corrected chi connectivity index (χ2v) is 7.38. The lowest BCUT2D eigenvalue weighted by molar-refractivity contribution is -0.132. The van der Waals surface area contributed by atoms with Gasteiger partial charge in [-0.05, 0) is 48.7 Å². The van der Waals surface area contributed by atoms with Crippen molar-refractivity contribution in [1.82, 2.24) is 9.78 Å². The molecule has 1 unspecified atom stereocenters. The molecule has 2 aromatic carbocycles. The molecule has 0 spiro atoms. The van der Waals surface area contributed by atoms with Gasteiger partial charge in [-0.2, -0.15) is 5.10 Å². The standard InChI is InChI=1S/C24H22N4O3/c1-15-8-10-18(12-16(15)2)26-23(29)20-14-25-28-19(11-9-17-6-4-3-5-7-17)13-21(24(30)31)27-22(20)28/h3-14,19,27H,1-2H3,(H,26,29)(H,30,31)/b11-9+. The van der Waals surface area contributed by atoms with Gasteiger partial charge in [-0.1, -0.05) is 48.6 Å². The number of nitrogens with zero attached hydrogens (tertiary/aromatic N) is 2. The Bertz CT molecular complexity index is 1210. The van der Waals surface area contributed by atoms with Crippen LogP contribution in [0.25, 0.3) is 6.08 Å². The molecule has 3 N–H and O–H groups in total. The molecule has 7 nitrogen and oxygen atoms in total. The number of rotatable bonds is 5. The predicted octanol–water partition coefficient (Wildman–Crippen LogP) is 4.40. The van der Waals surface area contributed by atoms with Crippen molar-refractivity contribution in [2.24, 2.45) is 0 Å². The van der Waals surface area contributed by atoms with Crippen molar-refractivity contribution in [2.75, 3.05) is 10.6 Å². The van der Waals surface area contributed by atoms with Crippen LogP contribution in [0.4, 0.5) is 11.5 Å². The number of aromatic nitrogens is 2. The minimum atomic E-state index is -1.11. The number of amides is 1. The number of allylic oxidation sites excluding steroid dienone is 2. The molecule has 4 rings (SSSR count). The van der Waals surface area contributed by atoms with Crippen LogP contribution in [-0.4, -0.2) is 26.8 Å². The third-order valence-electron chi connectivity index (χ3n) is 5.19. The number of hydrogen-bond acceptors (Lipinski definition) is 4. The maximum absolute atomic E-state index is 12.9. The molecule has 0 saturated carbocycles. The predicted molar refractivity (Wildman–Crippen MR) is 120 cm³/mol. The smallest absolute Gasteiger partial charge is 0.352 e. The van der Waals surface area contributed by atoms with Crippen molar-refractivity contribution in [3.05, 3.63) is 94.8 Å². The average molecular weight is 414 g/mol. The lowest BCUT2D eigenvalue weighted by Crippen LogP contribution is -2.24. The summed E-state index contributed by atoms with van der Waals surface area (Å²) in [4.78, 5) is 24.6. The van der Waals surface area contributed by atoms with E-state index < -0.39 is 12.0 Å². The van der Waals surface area contributed by atoms with E-state index in [1.165, 1.54) is 6.20 Å². The Morgan fingerprint density at radius 1 is 1.13 bits per heavy atom.